The lowest BCUT2D eigenvalue weighted by Gasteiger charge is -2.31. The third kappa shape index (κ3) is 3.31. The maximum atomic E-state index is 13.7. The lowest BCUT2D eigenvalue weighted by molar-refractivity contribution is -0.137. The van der Waals surface area contributed by atoms with Gasteiger partial charge in [0, 0.05) is 37.8 Å². The van der Waals surface area contributed by atoms with E-state index < -0.39 is 11.7 Å². The maximum absolute atomic E-state index is 13.7. The molecule has 2 saturated heterocycles. The summed E-state index contributed by atoms with van der Waals surface area (Å²) in [5.41, 5.74) is 5.42. The Bertz CT molecular complexity index is 964. The molecule has 5 heterocycles. The predicted octanol–water partition coefficient (Wildman–Crippen LogP) is 1.74. The van der Waals surface area contributed by atoms with Gasteiger partial charge >= 0.3 is 6.18 Å². The molecule has 0 radical (unpaired) electrons. The minimum atomic E-state index is -4.60. The lowest BCUT2D eigenvalue weighted by atomic mass is 10.1. The van der Waals surface area contributed by atoms with Gasteiger partial charge in [-0.25, -0.2) is 15.0 Å². The Kier molecular flexibility index (Phi) is 4.66. The van der Waals surface area contributed by atoms with Gasteiger partial charge in [0.05, 0.1) is 43.6 Å². The number of nitrogens with two attached hydrogens (primary N) is 1. The molecule has 1 atom stereocenters. The number of aromatic nitrogens is 3. The molecule has 2 aromatic heterocycles. The number of anilines is 3. The molecular weight excluding hydrogens is 401 g/mol. The average Bonchev–Trinajstić information content (AvgIpc) is 3.12. The third-order valence-electron chi connectivity index (χ3n) is 5.68. The minimum absolute atomic E-state index is 0.00205. The second-order valence-electron chi connectivity index (χ2n) is 7.55. The highest BCUT2D eigenvalue weighted by Crippen LogP contribution is 2.42. The minimum Gasteiger partial charge on any atom is -0.384 e. The molecule has 0 bridgehead atoms. The standard InChI is InChI=1S/C19H21F3N6O2/c20-19(21,22)14-8-15(23)24-9-13(14)16-25-17(27-1-4-29-5-2-27)12-7-11-10-30-6-3-28(11)18(12)26-16/h8-9,11H,1-7,10H2,(H2,23,24). The number of halogens is 3. The summed E-state index contributed by atoms with van der Waals surface area (Å²) < 4.78 is 52.2. The van der Waals surface area contributed by atoms with Gasteiger partial charge in [-0.15, -0.1) is 0 Å². The summed E-state index contributed by atoms with van der Waals surface area (Å²) in [4.78, 5) is 17.3. The topological polar surface area (TPSA) is 89.6 Å². The van der Waals surface area contributed by atoms with E-state index in [1.165, 1.54) is 0 Å². The summed E-state index contributed by atoms with van der Waals surface area (Å²) in [6.07, 6.45) is -2.79. The van der Waals surface area contributed by atoms with Gasteiger partial charge < -0.3 is 25.0 Å². The van der Waals surface area contributed by atoms with Crippen molar-refractivity contribution in [2.45, 2.75) is 18.6 Å². The first-order chi connectivity index (χ1) is 14.4. The number of hydrogen-bond acceptors (Lipinski definition) is 8. The molecule has 5 rings (SSSR count). The van der Waals surface area contributed by atoms with Crippen molar-refractivity contribution in [3.63, 3.8) is 0 Å². The molecule has 2 fully saturated rings. The number of hydrogen-bond donors (Lipinski definition) is 1. The Balaban J connectivity index is 1.68. The molecule has 30 heavy (non-hydrogen) atoms. The van der Waals surface area contributed by atoms with Crippen LogP contribution in [-0.2, 0) is 22.1 Å². The van der Waals surface area contributed by atoms with E-state index in [-0.39, 0.29) is 23.2 Å². The highest BCUT2D eigenvalue weighted by atomic mass is 19.4. The zero-order valence-electron chi connectivity index (χ0n) is 16.2. The maximum Gasteiger partial charge on any atom is 0.417 e. The van der Waals surface area contributed by atoms with E-state index in [2.05, 4.69) is 24.8 Å². The zero-order valence-corrected chi connectivity index (χ0v) is 16.2. The van der Waals surface area contributed by atoms with E-state index in [0.717, 1.165) is 17.8 Å². The van der Waals surface area contributed by atoms with Crippen molar-refractivity contribution in [2.24, 2.45) is 0 Å². The van der Waals surface area contributed by atoms with Gasteiger partial charge in [0.15, 0.2) is 5.82 Å². The molecule has 0 saturated carbocycles. The van der Waals surface area contributed by atoms with Crippen molar-refractivity contribution in [1.29, 1.82) is 0 Å². The van der Waals surface area contributed by atoms with Gasteiger partial charge in [0.2, 0.25) is 0 Å². The van der Waals surface area contributed by atoms with E-state index in [4.69, 9.17) is 15.2 Å². The van der Waals surface area contributed by atoms with Crippen LogP contribution in [0.15, 0.2) is 12.3 Å². The molecule has 3 aliphatic heterocycles. The summed E-state index contributed by atoms with van der Waals surface area (Å²) >= 11 is 0. The fourth-order valence-corrected chi connectivity index (χ4v) is 4.26. The lowest BCUT2D eigenvalue weighted by Crippen LogP contribution is -2.43. The molecule has 2 aromatic rings. The molecule has 160 valence electrons. The first-order valence-electron chi connectivity index (χ1n) is 9.83. The Hall–Kier alpha value is -2.66. The number of ether oxygens (including phenoxy) is 2. The van der Waals surface area contributed by atoms with Gasteiger partial charge in [0.1, 0.15) is 17.5 Å². The Morgan fingerprint density at radius 2 is 1.77 bits per heavy atom. The van der Waals surface area contributed by atoms with E-state index in [1.54, 1.807) is 0 Å². The third-order valence-corrected chi connectivity index (χ3v) is 5.68. The van der Waals surface area contributed by atoms with Gasteiger partial charge in [-0.3, -0.25) is 0 Å². The molecule has 0 spiro atoms. The molecule has 0 amide bonds. The van der Waals surface area contributed by atoms with Gasteiger partial charge in [-0.05, 0) is 6.07 Å². The number of morpholine rings is 2. The van der Waals surface area contributed by atoms with Crippen LogP contribution >= 0.6 is 0 Å². The molecule has 0 aromatic carbocycles. The molecule has 8 nitrogen and oxygen atoms in total. The second-order valence-corrected chi connectivity index (χ2v) is 7.55. The molecule has 3 aliphatic rings. The molecule has 11 heteroatoms. The predicted molar refractivity (Wildman–Crippen MR) is 103 cm³/mol. The van der Waals surface area contributed by atoms with E-state index >= 15 is 0 Å². The summed E-state index contributed by atoms with van der Waals surface area (Å²) in [7, 11) is 0. The van der Waals surface area contributed by atoms with Crippen LogP contribution < -0.4 is 15.5 Å². The van der Waals surface area contributed by atoms with Crippen LogP contribution in [0.5, 0.6) is 0 Å². The van der Waals surface area contributed by atoms with Crippen LogP contribution in [0.2, 0.25) is 0 Å². The summed E-state index contributed by atoms with van der Waals surface area (Å²) in [6, 6.07) is 0.947. The van der Waals surface area contributed by atoms with E-state index in [9.17, 15) is 13.2 Å². The van der Waals surface area contributed by atoms with Gasteiger partial charge in [0.25, 0.3) is 0 Å². The van der Waals surface area contributed by atoms with Crippen LogP contribution in [0.25, 0.3) is 11.4 Å². The first-order valence-corrected chi connectivity index (χ1v) is 9.83. The van der Waals surface area contributed by atoms with Crippen LogP contribution in [0.4, 0.5) is 30.6 Å². The van der Waals surface area contributed by atoms with Crippen molar-refractivity contribution in [3.05, 3.63) is 23.4 Å². The van der Waals surface area contributed by atoms with Crippen LogP contribution in [0.3, 0.4) is 0 Å². The van der Waals surface area contributed by atoms with Crippen LogP contribution in [-0.4, -0.2) is 67.1 Å². The SMILES string of the molecule is Nc1cc(C(F)(F)F)c(-c2nc(N3CCOCC3)c3c(n2)N2CCOCC2C3)cn1. The van der Waals surface area contributed by atoms with Crippen LogP contribution in [0.1, 0.15) is 11.1 Å². The van der Waals surface area contributed by atoms with Gasteiger partial charge in [-0.1, -0.05) is 0 Å². The summed E-state index contributed by atoms with van der Waals surface area (Å²) in [6.45, 7) is 4.09. The van der Waals surface area contributed by atoms with E-state index in [0.29, 0.717) is 64.1 Å². The number of nitrogens with zero attached hydrogens (tertiary/aromatic N) is 5. The monoisotopic (exact) mass is 422 g/mol. The first kappa shape index (κ1) is 19.3. The summed E-state index contributed by atoms with van der Waals surface area (Å²) in [5.74, 6) is 1.15. The zero-order chi connectivity index (χ0) is 20.9. The number of alkyl halides is 3. The van der Waals surface area contributed by atoms with E-state index in [1.807, 2.05) is 0 Å². The number of fused-ring (bicyclic) bond motifs is 3. The van der Waals surface area contributed by atoms with Crippen molar-refractivity contribution in [3.8, 4) is 11.4 Å². The molecule has 1 unspecified atom stereocenters. The van der Waals surface area contributed by atoms with Crippen molar-refractivity contribution < 1.29 is 22.6 Å². The quantitative estimate of drug-likeness (QED) is 0.783. The largest absolute Gasteiger partial charge is 0.417 e. The summed E-state index contributed by atoms with van der Waals surface area (Å²) in [5, 5.41) is 0. The number of nitrogen functional groups attached to an aromatic ring is 1. The highest BCUT2D eigenvalue weighted by Gasteiger charge is 2.39. The Labute approximate surface area is 170 Å². The number of rotatable bonds is 2. The fraction of sp³-hybridized carbons (Fsp3) is 0.526. The molecule has 2 N–H and O–H groups in total. The smallest absolute Gasteiger partial charge is 0.384 e. The Morgan fingerprint density at radius 1 is 1.03 bits per heavy atom. The Morgan fingerprint density at radius 3 is 2.53 bits per heavy atom. The molecule has 0 aliphatic carbocycles. The highest BCUT2D eigenvalue weighted by molar-refractivity contribution is 5.72. The number of pyridine rings is 1. The molecular formula is C19H21F3N6O2. The second kappa shape index (κ2) is 7.24. The fourth-order valence-electron chi connectivity index (χ4n) is 4.26. The van der Waals surface area contributed by atoms with Crippen molar-refractivity contribution in [1.82, 2.24) is 15.0 Å². The van der Waals surface area contributed by atoms with Crippen LogP contribution in [0, 0.1) is 0 Å². The normalized spacial score (nSPS) is 21.5. The van der Waals surface area contributed by atoms with Crippen molar-refractivity contribution in [2.75, 3.05) is 61.6 Å². The van der Waals surface area contributed by atoms with Gasteiger partial charge in [-0.2, -0.15) is 13.2 Å². The van der Waals surface area contributed by atoms with Crippen molar-refractivity contribution >= 4 is 17.5 Å². The average molecular weight is 422 g/mol.